The third-order valence-corrected chi connectivity index (χ3v) is 8.81. The molecule has 2 atom stereocenters. The van der Waals surface area contributed by atoms with Crippen molar-refractivity contribution in [3.05, 3.63) is 117 Å². The van der Waals surface area contributed by atoms with Gasteiger partial charge in [-0.25, -0.2) is 17.2 Å². The molecule has 1 N–H and O–H groups in total. The van der Waals surface area contributed by atoms with Crippen LogP contribution in [-0.2, 0) is 16.9 Å². The lowest BCUT2D eigenvalue weighted by Crippen LogP contribution is -2.46. The number of aromatic nitrogens is 1. The molecular formula is C32H31F2N3O4S. The number of pyridine rings is 1. The van der Waals surface area contributed by atoms with Crippen molar-refractivity contribution in [2.75, 3.05) is 30.1 Å². The summed E-state index contributed by atoms with van der Waals surface area (Å²) in [5.41, 5.74) is 3.49. The number of hydrogen-bond donors (Lipinski definition) is 1. The second-order valence-corrected chi connectivity index (χ2v) is 13.2. The first-order chi connectivity index (χ1) is 20.1. The van der Waals surface area contributed by atoms with Gasteiger partial charge in [0.1, 0.15) is 17.4 Å². The summed E-state index contributed by atoms with van der Waals surface area (Å²) in [6.45, 7) is 0.986. The van der Waals surface area contributed by atoms with Gasteiger partial charge in [0.05, 0.1) is 35.3 Å². The van der Waals surface area contributed by atoms with E-state index >= 15 is 4.39 Å². The van der Waals surface area contributed by atoms with Gasteiger partial charge in [-0.15, -0.1) is 0 Å². The smallest absolute Gasteiger partial charge is 0.260 e. The molecule has 0 bridgehead atoms. The third-order valence-electron chi connectivity index (χ3n) is 7.97. The molecule has 10 heteroatoms. The zero-order chi connectivity index (χ0) is 29.6. The van der Waals surface area contributed by atoms with E-state index in [0.717, 1.165) is 36.5 Å². The molecule has 3 heterocycles. The summed E-state index contributed by atoms with van der Waals surface area (Å²) >= 11 is 0. The van der Waals surface area contributed by atoms with E-state index in [0.29, 0.717) is 41.1 Å². The maximum Gasteiger partial charge on any atom is 0.260 e. The fourth-order valence-corrected chi connectivity index (χ4v) is 6.97. The van der Waals surface area contributed by atoms with Crippen molar-refractivity contribution in [1.82, 2.24) is 9.88 Å². The van der Waals surface area contributed by atoms with Crippen molar-refractivity contribution in [3.8, 4) is 5.75 Å². The van der Waals surface area contributed by atoms with Crippen LogP contribution in [0.4, 0.5) is 14.5 Å². The lowest BCUT2D eigenvalue weighted by molar-refractivity contribution is 0.284. The molecule has 0 saturated carbocycles. The van der Waals surface area contributed by atoms with E-state index in [4.69, 9.17) is 4.74 Å². The number of anilines is 1. The number of halogens is 2. The highest BCUT2D eigenvalue weighted by atomic mass is 32.2. The maximum absolute atomic E-state index is 15.3. The molecule has 42 heavy (non-hydrogen) atoms. The third kappa shape index (κ3) is 5.27. The van der Waals surface area contributed by atoms with E-state index in [1.165, 1.54) is 16.7 Å². The van der Waals surface area contributed by atoms with Crippen LogP contribution < -0.4 is 20.5 Å². The van der Waals surface area contributed by atoms with Crippen molar-refractivity contribution in [2.45, 2.75) is 18.9 Å². The zero-order valence-electron chi connectivity index (χ0n) is 23.3. The average Bonchev–Trinajstić information content (AvgIpc) is 3.25. The molecule has 2 unspecified atom stereocenters. The number of nitrogens with one attached hydrogen (secondary N) is 1. The van der Waals surface area contributed by atoms with Crippen LogP contribution in [0.3, 0.4) is 0 Å². The van der Waals surface area contributed by atoms with Crippen LogP contribution in [0.1, 0.15) is 24.0 Å². The van der Waals surface area contributed by atoms with Gasteiger partial charge in [0, 0.05) is 49.8 Å². The quantitative estimate of drug-likeness (QED) is 0.384. The summed E-state index contributed by atoms with van der Waals surface area (Å²) in [5, 5.41) is 3.50. The highest BCUT2D eigenvalue weighted by molar-refractivity contribution is 7.91. The van der Waals surface area contributed by atoms with Gasteiger partial charge in [-0.05, 0) is 66.0 Å². The molecule has 2 aliphatic heterocycles. The van der Waals surface area contributed by atoms with Gasteiger partial charge in [-0.1, -0.05) is 18.2 Å². The number of hydrogen-bond acceptors (Lipinski definition) is 6. The first kappa shape index (κ1) is 28.0. The van der Waals surface area contributed by atoms with Crippen molar-refractivity contribution in [3.63, 3.8) is 0 Å². The molecule has 218 valence electrons. The molecule has 0 spiro atoms. The molecule has 1 aromatic heterocycles. The van der Waals surface area contributed by atoms with E-state index in [-0.39, 0.29) is 29.0 Å². The Bertz CT molecular complexity index is 1810. The number of ether oxygens (including phenoxy) is 1. The van der Waals surface area contributed by atoms with Gasteiger partial charge in [-0.3, -0.25) is 4.79 Å². The highest BCUT2D eigenvalue weighted by Gasteiger charge is 2.44. The van der Waals surface area contributed by atoms with Crippen LogP contribution in [0.2, 0.25) is 0 Å². The number of nitrogens with zero attached hydrogens (tertiary/aromatic N) is 2. The van der Waals surface area contributed by atoms with Crippen LogP contribution in [-0.4, -0.2) is 44.2 Å². The molecule has 2 aromatic carbocycles. The molecule has 0 amide bonds. The van der Waals surface area contributed by atoms with Gasteiger partial charge in [0.25, 0.3) is 5.56 Å². The standard InChI is InChI=1S/C32H31F2N3O4S/c1-36-13-12-25-22(19-42(2,39)40)15-21-18-37(27-11-10-23(33)16-26(27)34)31-20(7-6-14-41-24-8-4-3-5-9-24)17-35-30(28(21)31)29(25)32(36)38/h3-5,8-13,15-16,18,20,31,35H,6-7,14,17,19H2,1-2H3. The predicted molar refractivity (Wildman–Crippen MR) is 160 cm³/mol. The van der Waals surface area contributed by atoms with Crippen molar-refractivity contribution >= 4 is 26.8 Å². The van der Waals surface area contributed by atoms with Crippen molar-refractivity contribution in [2.24, 2.45) is 13.0 Å². The normalized spacial score (nSPS) is 19.4. The predicted octanol–water partition coefficient (Wildman–Crippen LogP) is 4.67. The summed E-state index contributed by atoms with van der Waals surface area (Å²) in [7, 11) is -1.80. The van der Waals surface area contributed by atoms with E-state index in [1.807, 2.05) is 30.3 Å². The summed E-state index contributed by atoms with van der Waals surface area (Å²) in [6.07, 6.45) is 7.82. The van der Waals surface area contributed by atoms with Crippen LogP contribution in [0, 0.1) is 17.6 Å². The lowest BCUT2D eigenvalue weighted by atomic mass is 9.82. The van der Waals surface area contributed by atoms with E-state index < -0.39 is 21.5 Å². The summed E-state index contributed by atoms with van der Waals surface area (Å²) in [5.74, 6) is -0.885. The Morgan fingerprint density at radius 2 is 1.88 bits per heavy atom. The fraction of sp³-hybridized carbons (Fsp3) is 0.281. The molecule has 3 aliphatic rings. The van der Waals surface area contributed by atoms with Crippen LogP contribution in [0.5, 0.6) is 5.75 Å². The minimum absolute atomic E-state index is 0.0257. The highest BCUT2D eigenvalue weighted by Crippen LogP contribution is 2.47. The SMILES string of the molecule is Cn1ccc2c(c1=O)C1=C3C(=CN(c4ccc(F)cc4F)C3C(CCCOc3ccccc3)CN1)C=C2CS(C)(=O)=O. The molecule has 0 fully saturated rings. The molecule has 6 rings (SSSR count). The largest absolute Gasteiger partial charge is 0.494 e. The van der Waals surface area contributed by atoms with Gasteiger partial charge in [0.15, 0.2) is 9.84 Å². The maximum atomic E-state index is 15.3. The van der Waals surface area contributed by atoms with Crippen LogP contribution >= 0.6 is 0 Å². The van der Waals surface area contributed by atoms with Crippen LogP contribution in [0.15, 0.2) is 89.0 Å². The van der Waals surface area contributed by atoms with E-state index in [2.05, 4.69) is 5.32 Å². The molecule has 1 aliphatic carbocycles. The molecule has 0 saturated heterocycles. The van der Waals surface area contributed by atoms with Crippen molar-refractivity contribution < 1.29 is 21.9 Å². The molecular weight excluding hydrogens is 560 g/mol. The number of sulfone groups is 1. The van der Waals surface area contributed by atoms with E-state index in [9.17, 15) is 17.6 Å². The molecule has 7 nitrogen and oxygen atoms in total. The monoisotopic (exact) mass is 591 g/mol. The topological polar surface area (TPSA) is 80.6 Å². The second kappa shape index (κ2) is 10.9. The first-order valence-corrected chi connectivity index (χ1v) is 15.9. The Morgan fingerprint density at radius 1 is 1.10 bits per heavy atom. The average molecular weight is 592 g/mol. The number of fused-ring (bicyclic) bond motifs is 2. The summed E-state index contributed by atoms with van der Waals surface area (Å²) in [6, 6.07) is 14.4. The van der Waals surface area contributed by atoms with Gasteiger partial charge in [0.2, 0.25) is 0 Å². The van der Waals surface area contributed by atoms with Gasteiger partial charge < -0.3 is 19.5 Å². The minimum Gasteiger partial charge on any atom is -0.494 e. The number of aryl methyl sites for hydroxylation is 1. The van der Waals surface area contributed by atoms with Gasteiger partial charge >= 0.3 is 0 Å². The lowest BCUT2D eigenvalue weighted by Gasteiger charge is -2.39. The summed E-state index contributed by atoms with van der Waals surface area (Å²) < 4.78 is 61.5. The van der Waals surface area contributed by atoms with Crippen molar-refractivity contribution in [1.29, 1.82) is 0 Å². The number of rotatable bonds is 8. The zero-order valence-corrected chi connectivity index (χ0v) is 24.1. The second-order valence-electron chi connectivity index (χ2n) is 11.0. The Hall–Kier alpha value is -4.18. The Balaban J connectivity index is 1.45. The summed E-state index contributed by atoms with van der Waals surface area (Å²) in [4.78, 5) is 15.4. The Morgan fingerprint density at radius 3 is 2.62 bits per heavy atom. The molecule has 0 radical (unpaired) electrons. The number of para-hydroxylation sites is 1. The van der Waals surface area contributed by atoms with Crippen LogP contribution in [0.25, 0.3) is 11.3 Å². The number of benzene rings is 2. The Kier molecular flexibility index (Phi) is 7.26. The van der Waals surface area contributed by atoms with E-state index in [1.54, 1.807) is 36.5 Å². The fourth-order valence-electron chi connectivity index (χ4n) is 6.17. The minimum atomic E-state index is -3.45. The number of allylic oxidation sites excluding steroid dienone is 1. The van der Waals surface area contributed by atoms with Gasteiger partial charge in [-0.2, -0.15) is 0 Å². The Labute approximate surface area is 243 Å². The molecule has 3 aromatic rings. The first-order valence-electron chi connectivity index (χ1n) is 13.8.